The first-order valence-corrected chi connectivity index (χ1v) is 23.1. The quantitative estimate of drug-likeness (QED) is 0.386. The average molecular weight is 425 g/mol. The summed E-state index contributed by atoms with van der Waals surface area (Å²) in [6, 6.07) is 0. The fourth-order valence-corrected chi connectivity index (χ4v) is 5.98. The highest BCUT2D eigenvalue weighted by molar-refractivity contribution is 6.71. The molecule has 0 amide bonds. The van der Waals surface area contributed by atoms with Crippen molar-refractivity contribution in [2.75, 3.05) is 13.2 Å². The van der Waals surface area contributed by atoms with Crippen molar-refractivity contribution in [1.29, 1.82) is 0 Å². The maximum absolute atomic E-state index is 6.44. The Hall–Kier alpha value is 0.708. The maximum Gasteiger partial charge on any atom is 0.184 e. The summed E-state index contributed by atoms with van der Waals surface area (Å²) >= 11 is 0. The molecule has 0 saturated carbocycles. The number of hydrogen-bond acceptors (Lipinski definition) is 4. The summed E-state index contributed by atoms with van der Waals surface area (Å²) in [5.41, 5.74) is 0. The predicted molar refractivity (Wildman–Crippen MR) is 120 cm³/mol. The van der Waals surface area contributed by atoms with Crippen molar-refractivity contribution in [2.24, 2.45) is 0 Å². The molecule has 8 heteroatoms. The molecule has 0 rings (SSSR count). The molecular formula is C17H44O4Si4. The van der Waals surface area contributed by atoms with Gasteiger partial charge in [0.15, 0.2) is 33.3 Å². The Morgan fingerprint density at radius 1 is 0.480 bits per heavy atom. The molecule has 0 aliphatic rings. The fraction of sp³-hybridized carbons (Fsp3) is 1.00. The van der Waals surface area contributed by atoms with Crippen LogP contribution in [0.5, 0.6) is 0 Å². The van der Waals surface area contributed by atoms with Crippen LogP contribution in [-0.2, 0) is 17.7 Å². The molecule has 0 aliphatic carbocycles. The lowest BCUT2D eigenvalue weighted by molar-refractivity contribution is 0.0421. The van der Waals surface area contributed by atoms with E-state index in [0.29, 0.717) is 13.2 Å². The largest absolute Gasteiger partial charge is 0.415 e. The first kappa shape index (κ1) is 25.7. The van der Waals surface area contributed by atoms with Gasteiger partial charge in [0.25, 0.3) is 0 Å². The van der Waals surface area contributed by atoms with Crippen molar-refractivity contribution < 1.29 is 17.7 Å². The molecule has 0 bridgehead atoms. The molecule has 0 spiro atoms. The Balaban J connectivity index is 5.06. The van der Waals surface area contributed by atoms with Gasteiger partial charge in [-0.3, -0.25) is 0 Å². The molecule has 0 aromatic rings. The Morgan fingerprint density at radius 2 is 0.760 bits per heavy atom. The van der Waals surface area contributed by atoms with Gasteiger partial charge in [-0.1, -0.05) is 0 Å². The maximum atomic E-state index is 6.44. The molecular weight excluding hydrogens is 381 g/mol. The molecule has 4 nitrogen and oxygen atoms in total. The van der Waals surface area contributed by atoms with Gasteiger partial charge in [0.2, 0.25) is 0 Å². The van der Waals surface area contributed by atoms with Crippen molar-refractivity contribution in [3.63, 3.8) is 0 Å². The highest BCUT2D eigenvalue weighted by Crippen LogP contribution is 2.20. The minimum atomic E-state index is -1.64. The average Bonchev–Trinajstić information content (AvgIpc) is 2.27. The summed E-state index contributed by atoms with van der Waals surface area (Å²) in [5.74, 6) is 0. The van der Waals surface area contributed by atoms with Gasteiger partial charge in [-0.05, 0) is 78.6 Å². The lowest BCUT2D eigenvalue weighted by Gasteiger charge is -2.34. The molecule has 0 aromatic carbocycles. The van der Waals surface area contributed by atoms with E-state index in [4.69, 9.17) is 17.7 Å². The van der Waals surface area contributed by atoms with Crippen LogP contribution in [0.3, 0.4) is 0 Å². The van der Waals surface area contributed by atoms with E-state index in [1.54, 1.807) is 0 Å². The number of rotatable bonds is 12. The van der Waals surface area contributed by atoms with Gasteiger partial charge in [-0.15, -0.1) is 0 Å². The third-order valence-electron chi connectivity index (χ3n) is 2.97. The molecule has 0 saturated heterocycles. The molecule has 152 valence electrons. The van der Waals surface area contributed by atoms with Gasteiger partial charge >= 0.3 is 0 Å². The summed E-state index contributed by atoms with van der Waals surface area (Å²) < 4.78 is 25.2. The Kier molecular flexibility index (Phi) is 10.0. The molecule has 0 fully saturated rings. The van der Waals surface area contributed by atoms with Crippen LogP contribution in [0.1, 0.15) is 6.42 Å². The summed E-state index contributed by atoms with van der Waals surface area (Å²) in [6.45, 7) is 28.1. The van der Waals surface area contributed by atoms with E-state index >= 15 is 0 Å². The fourth-order valence-electron chi connectivity index (χ4n) is 2.28. The second-order valence-corrected chi connectivity index (χ2v) is 28.7. The van der Waals surface area contributed by atoms with E-state index in [-0.39, 0.29) is 12.2 Å². The van der Waals surface area contributed by atoms with Crippen LogP contribution < -0.4 is 0 Å². The van der Waals surface area contributed by atoms with Gasteiger partial charge < -0.3 is 17.7 Å². The van der Waals surface area contributed by atoms with Gasteiger partial charge in [-0.2, -0.15) is 0 Å². The predicted octanol–water partition coefficient (Wildman–Crippen LogP) is 5.52. The third kappa shape index (κ3) is 17.9. The monoisotopic (exact) mass is 424 g/mol. The zero-order valence-electron chi connectivity index (χ0n) is 18.9. The van der Waals surface area contributed by atoms with Crippen LogP contribution in [-0.4, -0.2) is 58.7 Å². The van der Waals surface area contributed by atoms with E-state index in [0.717, 1.165) is 6.42 Å². The van der Waals surface area contributed by atoms with E-state index in [9.17, 15) is 0 Å². The first-order chi connectivity index (χ1) is 10.9. The van der Waals surface area contributed by atoms with Crippen molar-refractivity contribution in [2.45, 2.75) is 97.2 Å². The SMILES string of the molecule is C[Si](C)(C)OCC(CC(CO[Si](C)(C)C)O[Si](C)(C)C)O[Si](C)(C)C. The van der Waals surface area contributed by atoms with Crippen molar-refractivity contribution in [1.82, 2.24) is 0 Å². The van der Waals surface area contributed by atoms with Crippen molar-refractivity contribution in [3.8, 4) is 0 Å². The summed E-state index contributed by atoms with van der Waals surface area (Å²) in [4.78, 5) is 0. The van der Waals surface area contributed by atoms with E-state index in [2.05, 4.69) is 78.6 Å². The summed E-state index contributed by atoms with van der Waals surface area (Å²) in [6.07, 6.45) is 1.03. The zero-order chi connectivity index (χ0) is 20.1. The van der Waals surface area contributed by atoms with E-state index in [1.807, 2.05) is 0 Å². The van der Waals surface area contributed by atoms with Gasteiger partial charge in [-0.25, -0.2) is 0 Å². The van der Waals surface area contributed by atoms with Crippen LogP contribution in [0, 0.1) is 0 Å². The molecule has 0 N–H and O–H groups in total. The summed E-state index contributed by atoms with van der Waals surface area (Å²) in [7, 11) is -6.41. The molecule has 2 atom stereocenters. The Morgan fingerprint density at radius 3 is 0.960 bits per heavy atom. The van der Waals surface area contributed by atoms with Gasteiger partial charge in [0.05, 0.1) is 25.4 Å². The smallest absolute Gasteiger partial charge is 0.184 e. The standard InChI is InChI=1S/C17H44O4Si4/c1-22(2,3)18-14-16(20-24(7,8)9)13-17(21-25(10,11)12)15-19-23(4,5)6/h16-17H,13-15H2,1-12H3. The third-order valence-corrected chi connectivity index (χ3v) is 7.12. The summed E-state index contributed by atoms with van der Waals surface area (Å²) in [5, 5.41) is 0. The van der Waals surface area contributed by atoms with E-state index < -0.39 is 33.3 Å². The van der Waals surface area contributed by atoms with E-state index in [1.165, 1.54) is 0 Å². The lowest BCUT2D eigenvalue weighted by Crippen LogP contribution is -2.44. The van der Waals surface area contributed by atoms with Crippen LogP contribution in [0.2, 0.25) is 78.6 Å². The molecule has 2 unspecified atom stereocenters. The normalized spacial score (nSPS) is 16.8. The van der Waals surface area contributed by atoms with Crippen LogP contribution in [0.25, 0.3) is 0 Å². The molecule has 25 heavy (non-hydrogen) atoms. The van der Waals surface area contributed by atoms with Crippen LogP contribution in [0.4, 0.5) is 0 Å². The molecule has 0 aromatic heterocycles. The van der Waals surface area contributed by atoms with Crippen LogP contribution in [0.15, 0.2) is 0 Å². The lowest BCUT2D eigenvalue weighted by atomic mass is 10.2. The topological polar surface area (TPSA) is 36.9 Å². The van der Waals surface area contributed by atoms with Crippen molar-refractivity contribution >= 4 is 33.3 Å². The van der Waals surface area contributed by atoms with Gasteiger partial charge in [0.1, 0.15) is 0 Å². The first-order valence-electron chi connectivity index (χ1n) is 9.50. The van der Waals surface area contributed by atoms with Crippen molar-refractivity contribution in [3.05, 3.63) is 0 Å². The highest BCUT2D eigenvalue weighted by Gasteiger charge is 2.30. The van der Waals surface area contributed by atoms with Gasteiger partial charge in [0, 0.05) is 6.42 Å². The highest BCUT2D eigenvalue weighted by atomic mass is 28.4. The second kappa shape index (κ2) is 9.77. The Bertz CT molecular complexity index is 342. The minimum absolute atomic E-state index is 0.0879. The number of hydrogen-bond donors (Lipinski definition) is 0. The van der Waals surface area contributed by atoms with Crippen LogP contribution >= 0.6 is 0 Å². The second-order valence-electron chi connectivity index (χ2n) is 10.8. The molecule has 0 radical (unpaired) electrons. The Labute approximate surface area is 161 Å². The zero-order valence-corrected chi connectivity index (χ0v) is 22.9. The molecule has 0 heterocycles. The minimum Gasteiger partial charge on any atom is -0.415 e. The molecule has 0 aliphatic heterocycles.